The van der Waals surface area contributed by atoms with Gasteiger partial charge in [-0.25, -0.2) is 0 Å². The van der Waals surface area contributed by atoms with E-state index in [1.165, 1.54) is 44.2 Å². The summed E-state index contributed by atoms with van der Waals surface area (Å²) in [6.45, 7) is 0.472. The molecule has 4 fully saturated rings. The first-order valence-corrected chi connectivity index (χ1v) is 6.93. The van der Waals surface area contributed by atoms with Crippen molar-refractivity contribution >= 4 is 0 Å². The second-order valence-corrected chi connectivity index (χ2v) is 6.58. The van der Waals surface area contributed by atoms with E-state index in [1.807, 2.05) is 0 Å². The minimum Gasteiger partial charge on any atom is -0.360 e. The molecule has 4 aliphatic rings. The van der Waals surface area contributed by atoms with Crippen molar-refractivity contribution in [2.45, 2.75) is 50.5 Å². The summed E-state index contributed by atoms with van der Waals surface area (Å²) in [6.07, 6.45) is 8.45. The lowest BCUT2D eigenvalue weighted by molar-refractivity contribution is -0.00847. The molecule has 0 saturated heterocycles. The summed E-state index contributed by atoms with van der Waals surface area (Å²) in [5.41, 5.74) is 7.18. The smallest absolute Gasteiger partial charge is 0.150 e. The predicted octanol–water partition coefficient (Wildman–Crippen LogP) is 2.60. The van der Waals surface area contributed by atoms with Crippen molar-refractivity contribution in [1.29, 1.82) is 0 Å². The summed E-state index contributed by atoms with van der Waals surface area (Å²) in [5.74, 6) is 3.72. The highest BCUT2D eigenvalue weighted by atomic mass is 16.5. The Morgan fingerprint density at radius 1 is 1.18 bits per heavy atom. The van der Waals surface area contributed by atoms with Crippen molar-refractivity contribution in [2.24, 2.45) is 23.5 Å². The molecule has 0 radical (unpaired) electrons. The molecular weight excluding hydrogens is 212 g/mol. The van der Waals surface area contributed by atoms with Crippen LogP contribution in [0.1, 0.15) is 50.0 Å². The fourth-order valence-corrected chi connectivity index (χ4v) is 5.08. The Hall–Kier alpha value is -0.830. The quantitative estimate of drug-likeness (QED) is 0.852. The highest BCUT2D eigenvalue weighted by Crippen LogP contribution is 2.60. The van der Waals surface area contributed by atoms with Crippen molar-refractivity contribution in [2.75, 3.05) is 0 Å². The molecular formula is C14H20N2O. The van der Waals surface area contributed by atoms with Crippen LogP contribution < -0.4 is 5.73 Å². The van der Waals surface area contributed by atoms with E-state index in [9.17, 15) is 0 Å². The molecule has 1 aromatic heterocycles. The Morgan fingerprint density at radius 2 is 1.76 bits per heavy atom. The number of nitrogens with zero attached hydrogens (tertiary/aromatic N) is 1. The molecule has 0 atom stereocenters. The van der Waals surface area contributed by atoms with Crippen molar-refractivity contribution in [3.05, 3.63) is 17.5 Å². The van der Waals surface area contributed by atoms with E-state index in [2.05, 4.69) is 11.2 Å². The molecule has 5 rings (SSSR count). The topological polar surface area (TPSA) is 52.0 Å². The second-order valence-electron chi connectivity index (χ2n) is 6.58. The predicted molar refractivity (Wildman–Crippen MR) is 64.2 cm³/mol. The number of rotatable bonds is 2. The number of nitrogens with two attached hydrogens (primary N) is 1. The van der Waals surface area contributed by atoms with Gasteiger partial charge in [0.15, 0.2) is 5.76 Å². The summed E-state index contributed by atoms with van der Waals surface area (Å²) >= 11 is 0. The molecule has 0 aromatic carbocycles. The van der Waals surface area contributed by atoms with E-state index in [4.69, 9.17) is 10.3 Å². The Labute approximate surface area is 102 Å². The monoisotopic (exact) mass is 232 g/mol. The third kappa shape index (κ3) is 1.41. The summed E-state index contributed by atoms with van der Waals surface area (Å²) in [4.78, 5) is 0. The van der Waals surface area contributed by atoms with Crippen LogP contribution in [-0.4, -0.2) is 5.16 Å². The zero-order valence-corrected chi connectivity index (χ0v) is 10.2. The fourth-order valence-electron chi connectivity index (χ4n) is 5.08. The maximum atomic E-state index is 5.62. The summed E-state index contributed by atoms with van der Waals surface area (Å²) < 4.78 is 5.33. The van der Waals surface area contributed by atoms with Gasteiger partial charge in [0.2, 0.25) is 0 Å². The molecule has 1 heterocycles. The van der Waals surface area contributed by atoms with Crippen LogP contribution in [0.3, 0.4) is 0 Å². The van der Waals surface area contributed by atoms with E-state index in [-0.39, 0.29) is 0 Å². The lowest BCUT2D eigenvalue weighted by atomic mass is 9.49. The Kier molecular flexibility index (Phi) is 1.99. The zero-order chi connectivity index (χ0) is 11.5. The van der Waals surface area contributed by atoms with Crippen LogP contribution in [0.2, 0.25) is 0 Å². The fraction of sp³-hybridized carbons (Fsp3) is 0.786. The average molecular weight is 232 g/mol. The first kappa shape index (κ1) is 10.1. The van der Waals surface area contributed by atoms with Crippen LogP contribution >= 0.6 is 0 Å². The van der Waals surface area contributed by atoms with E-state index >= 15 is 0 Å². The van der Waals surface area contributed by atoms with Gasteiger partial charge < -0.3 is 10.3 Å². The van der Waals surface area contributed by atoms with Gasteiger partial charge in [0.1, 0.15) is 0 Å². The third-order valence-corrected chi connectivity index (χ3v) is 5.34. The summed E-state index contributed by atoms with van der Waals surface area (Å²) in [5, 5.41) is 4.32. The second kappa shape index (κ2) is 3.35. The van der Waals surface area contributed by atoms with Gasteiger partial charge in [-0.1, -0.05) is 5.16 Å². The van der Waals surface area contributed by atoms with Gasteiger partial charge in [0.25, 0.3) is 0 Å². The first-order chi connectivity index (χ1) is 8.27. The van der Waals surface area contributed by atoms with Crippen LogP contribution in [0.15, 0.2) is 10.6 Å². The van der Waals surface area contributed by atoms with E-state index in [0.717, 1.165) is 23.5 Å². The van der Waals surface area contributed by atoms with Gasteiger partial charge in [0, 0.05) is 11.5 Å². The molecule has 0 spiro atoms. The highest BCUT2D eigenvalue weighted by molar-refractivity contribution is 5.23. The van der Waals surface area contributed by atoms with Crippen molar-refractivity contribution in [3.8, 4) is 0 Å². The molecule has 3 heteroatoms. The van der Waals surface area contributed by atoms with Crippen LogP contribution in [0.4, 0.5) is 0 Å². The molecule has 3 nitrogen and oxygen atoms in total. The molecule has 0 amide bonds. The minimum atomic E-state index is 0.353. The van der Waals surface area contributed by atoms with Gasteiger partial charge in [-0.3, -0.25) is 0 Å². The van der Waals surface area contributed by atoms with E-state index in [0.29, 0.717) is 12.0 Å². The SMILES string of the molecule is NCc1cc(C23CC4CC(CC(C4)C2)C3)no1. The Bertz CT molecular complexity index is 402. The molecule has 92 valence electrons. The average Bonchev–Trinajstić information content (AvgIpc) is 2.76. The molecule has 0 unspecified atom stereocenters. The Balaban J connectivity index is 1.72. The molecule has 1 aromatic rings. The van der Waals surface area contributed by atoms with Crippen molar-refractivity contribution < 1.29 is 4.52 Å². The van der Waals surface area contributed by atoms with Crippen LogP contribution in [0.5, 0.6) is 0 Å². The number of aromatic nitrogens is 1. The minimum absolute atomic E-state index is 0.353. The zero-order valence-electron chi connectivity index (χ0n) is 10.2. The molecule has 4 aliphatic carbocycles. The third-order valence-electron chi connectivity index (χ3n) is 5.34. The van der Waals surface area contributed by atoms with E-state index < -0.39 is 0 Å². The normalized spacial score (nSPS) is 43.2. The van der Waals surface area contributed by atoms with Crippen LogP contribution in [0, 0.1) is 17.8 Å². The number of hydrogen-bond donors (Lipinski definition) is 1. The largest absolute Gasteiger partial charge is 0.360 e. The van der Waals surface area contributed by atoms with Gasteiger partial charge in [0.05, 0.1) is 12.2 Å². The molecule has 4 bridgehead atoms. The molecule has 2 N–H and O–H groups in total. The van der Waals surface area contributed by atoms with Gasteiger partial charge in [-0.05, 0) is 56.3 Å². The lowest BCUT2D eigenvalue weighted by Gasteiger charge is -2.56. The maximum Gasteiger partial charge on any atom is 0.150 e. The molecule has 0 aliphatic heterocycles. The lowest BCUT2D eigenvalue weighted by Crippen LogP contribution is -2.48. The van der Waals surface area contributed by atoms with Gasteiger partial charge in [-0.15, -0.1) is 0 Å². The van der Waals surface area contributed by atoms with Crippen molar-refractivity contribution in [1.82, 2.24) is 5.16 Å². The number of hydrogen-bond acceptors (Lipinski definition) is 3. The Morgan fingerprint density at radius 3 is 2.24 bits per heavy atom. The summed E-state index contributed by atoms with van der Waals surface area (Å²) in [6, 6.07) is 2.12. The summed E-state index contributed by atoms with van der Waals surface area (Å²) in [7, 11) is 0. The highest BCUT2D eigenvalue weighted by Gasteiger charge is 2.52. The standard InChI is InChI=1S/C14H20N2O/c15-8-12-4-13(16-17-12)14-5-9-1-10(6-14)3-11(2-9)7-14/h4,9-11H,1-3,5-8,15H2. The van der Waals surface area contributed by atoms with Gasteiger partial charge >= 0.3 is 0 Å². The van der Waals surface area contributed by atoms with Gasteiger partial charge in [-0.2, -0.15) is 0 Å². The first-order valence-electron chi connectivity index (χ1n) is 6.93. The molecule has 4 saturated carbocycles. The van der Waals surface area contributed by atoms with Crippen molar-refractivity contribution in [3.63, 3.8) is 0 Å². The van der Waals surface area contributed by atoms with Crippen LogP contribution in [-0.2, 0) is 12.0 Å². The van der Waals surface area contributed by atoms with E-state index in [1.54, 1.807) is 0 Å². The van der Waals surface area contributed by atoms with Crippen LogP contribution in [0.25, 0.3) is 0 Å². The maximum absolute atomic E-state index is 5.62. The molecule has 17 heavy (non-hydrogen) atoms.